The standard InChI is InChI=1S/C13H16FNO4/c1-8(6-13(17)18)5-12(16)15-11-7-9(19-2)3-4-10(11)14/h3-4,7-8H,5-6H2,1-2H3,(H,15,16)(H,17,18). The van der Waals surface area contributed by atoms with Crippen LogP contribution in [0.15, 0.2) is 18.2 Å². The van der Waals surface area contributed by atoms with Gasteiger partial charge < -0.3 is 15.2 Å². The fraction of sp³-hybridized carbons (Fsp3) is 0.385. The molecule has 0 radical (unpaired) electrons. The lowest BCUT2D eigenvalue weighted by molar-refractivity contribution is -0.138. The number of halogens is 1. The maximum Gasteiger partial charge on any atom is 0.303 e. The van der Waals surface area contributed by atoms with Crippen molar-refractivity contribution in [3.05, 3.63) is 24.0 Å². The summed E-state index contributed by atoms with van der Waals surface area (Å²) in [6.07, 6.45) is -0.0863. The maximum absolute atomic E-state index is 13.4. The molecule has 0 aromatic heterocycles. The summed E-state index contributed by atoms with van der Waals surface area (Å²) in [6.45, 7) is 1.65. The minimum atomic E-state index is -0.965. The molecule has 0 aliphatic heterocycles. The van der Waals surface area contributed by atoms with Crippen LogP contribution in [0.3, 0.4) is 0 Å². The molecule has 0 bridgehead atoms. The summed E-state index contributed by atoms with van der Waals surface area (Å²) >= 11 is 0. The van der Waals surface area contributed by atoms with E-state index in [1.54, 1.807) is 6.92 Å². The number of amides is 1. The highest BCUT2D eigenvalue weighted by Gasteiger charge is 2.14. The van der Waals surface area contributed by atoms with Gasteiger partial charge in [0, 0.05) is 18.9 Å². The molecule has 1 unspecified atom stereocenters. The molecule has 0 aliphatic rings. The third-order valence-electron chi connectivity index (χ3n) is 2.50. The number of aliphatic carboxylic acids is 1. The molecule has 0 aliphatic carbocycles. The number of carbonyl (C=O) groups is 2. The Morgan fingerprint density at radius 1 is 1.42 bits per heavy atom. The molecule has 104 valence electrons. The number of hydrogen-bond donors (Lipinski definition) is 2. The molecule has 1 aromatic rings. The molecule has 0 spiro atoms. The van der Waals surface area contributed by atoms with E-state index >= 15 is 0 Å². The van der Waals surface area contributed by atoms with Crippen LogP contribution in [0.4, 0.5) is 10.1 Å². The van der Waals surface area contributed by atoms with Gasteiger partial charge in [-0.3, -0.25) is 9.59 Å². The summed E-state index contributed by atoms with van der Waals surface area (Å²) in [7, 11) is 1.44. The zero-order valence-electron chi connectivity index (χ0n) is 10.8. The average molecular weight is 269 g/mol. The van der Waals surface area contributed by atoms with Crippen LogP contribution in [0.2, 0.25) is 0 Å². The van der Waals surface area contributed by atoms with Crippen molar-refractivity contribution in [1.29, 1.82) is 0 Å². The van der Waals surface area contributed by atoms with Crippen molar-refractivity contribution in [2.75, 3.05) is 12.4 Å². The lowest BCUT2D eigenvalue weighted by Crippen LogP contribution is -2.17. The fourth-order valence-electron chi connectivity index (χ4n) is 1.62. The number of methoxy groups -OCH3 is 1. The van der Waals surface area contributed by atoms with E-state index in [2.05, 4.69) is 5.32 Å². The SMILES string of the molecule is COc1ccc(F)c(NC(=O)CC(C)CC(=O)O)c1. The van der Waals surface area contributed by atoms with Crippen molar-refractivity contribution in [1.82, 2.24) is 0 Å². The Hall–Kier alpha value is -2.11. The number of carboxylic acid groups (broad SMARTS) is 1. The Morgan fingerprint density at radius 3 is 2.68 bits per heavy atom. The molecular formula is C13H16FNO4. The molecule has 1 rings (SSSR count). The van der Waals surface area contributed by atoms with Crippen molar-refractivity contribution in [3.63, 3.8) is 0 Å². The normalized spacial score (nSPS) is 11.7. The molecule has 6 heteroatoms. The van der Waals surface area contributed by atoms with Crippen molar-refractivity contribution in [2.45, 2.75) is 19.8 Å². The Kier molecular flexibility index (Phi) is 5.29. The Balaban J connectivity index is 2.63. The van der Waals surface area contributed by atoms with E-state index in [1.807, 2.05) is 0 Å². The number of carbonyl (C=O) groups excluding carboxylic acids is 1. The highest BCUT2D eigenvalue weighted by Crippen LogP contribution is 2.21. The molecule has 1 aromatic carbocycles. The highest BCUT2D eigenvalue weighted by molar-refractivity contribution is 5.91. The first-order chi connectivity index (χ1) is 8.92. The zero-order chi connectivity index (χ0) is 14.4. The first-order valence-electron chi connectivity index (χ1n) is 5.77. The summed E-state index contributed by atoms with van der Waals surface area (Å²) in [5.41, 5.74) is 0.0203. The van der Waals surface area contributed by atoms with Crippen LogP contribution in [0.25, 0.3) is 0 Å². The number of rotatable bonds is 6. The smallest absolute Gasteiger partial charge is 0.303 e. The van der Waals surface area contributed by atoms with E-state index in [9.17, 15) is 14.0 Å². The molecule has 0 saturated heterocycles. The minimum Gasteiger partial charge on any atom is -0.497 e. The lowest BCUT2D eigenvalue weighted by Gasteiger charge is -2.11. The largest absolute Gasteiger partial charge is 0.497 e. The molecule has 1 atom stereocenters. The number of ether oxygens (including phenoxy) is 1. The van der Waals surface area contributed by atoms with Crippen LogP contribution in [0, 0.1) is 11.7 Å². The van der Waals surface area contributed by atoms with E-state index < -0.39 is 17.7 Å². The first kappa shape index (κ1) is 14.9. The van der Waals surface area contributed by atoms with E-state index in [0.717, 1.165) is 0 Å². The second-order valence-corrected chi connectivity index (χ2v) is 4.30. The molecule has 0 fully saturated rings. The topological polar surface area (TPSA) is 75.6 Å². The van der Waals surface area contributed by atoms with Gasteiger partial charge >= 0.3 is 5.97 Å². The number of carboxylic acids is 1. The Labute approximate surface area is 110 Å². The lowest BCUT2D eigenvalue weighted by atomic mass is 10.0. The molecule has 0 saturated carbocycles. The number of anilines is 1. The zero-order valence-corrected chi connectivity index (χ0v) is 10.8. The van der Waals surface area contributed by atoms with Crippen molar-refractivity contribution < 1.29 is 23.8 Å². The maximum atomic E-state index is 13.4. The summed E-state index contributed by atoms with van der Waals surface area (Å²) < 4.78 is 18.4. The van der Waals surface area contributed by atoms with Gasteiger partial charge in [0.2, 0.25) is 5.91 Å². The predicted molar refractivity (Wildman–Crippen MR) is 67.6 cm³/mol. The second-order valence-electron chi connectivity index (χ2n) is 4.30. The van der Waals surface area contributed by atoms with E-state index in [0.29, 0.717) is 5.75 Å². The Morgan fingerprint density at radius 2 is 2.11 bits per heavy atom. The fourth-order valence-corrected chi connectivity index (χ4v) is 1.62. The van der Waals surface area contributed by atoms with Gasteiger partial charge in [-0.2, -0.15) is 0 Å². The molecule has 2 N–H and O–H groups in total. The molecule has 5 nitrogen and oxygen atoms in total. The van der Waals surface area contributed by atoms with E-state index in [4.69, 9.17) is 9.84 Å². The van der Waals surface area contributed by atoms with Crippen LogP contribution in [-0.2, 0) is 9.59 Å². The van der Waals surface area contributed by atoms with Gasteiger partial charge in [0.15, 0.2) is 0 Å². The van der Waals surface area contributed by atoms with E-state index in [1.165, 1.54) is 25.3 Å². The monoisotopic (exact) mass is 269 g/mol. The number of benzene rings is 1. The van der Waals surface area contributed by atoms with Crippen LogP contribution < -0.4 is 10.1 Å². The summed E-state index contributed by atoms with van der Waals surface area (Å²) in [5, 5.41) is 11.0. The van der Waals surface area contributed by atoms with Gasteiger partial charge in [-0.1, -0.05) is 6.92 Å². The van der Waals surface area contributed by atoms with Crippen LogP contribution >= 0.6 is 0 Å². The van der Waals surface area contributed by atoms with Gasteiger partial charge in [0.25, 0.3) is 0 Å². The predicted octanol–water partition coefficient (Wildman–Crippen LogP) is 2.27. The summed E-state index contributed by atoms with van der Waals surface area (Å²) in [5.74, 6) is -1.85. The third kappa shape index (κ3) is 4.95. The minimum absolute atomic E-state index is 0.0168. The molecule has 19 heavy (non-hydrogen) atoms. The number of nitrogens with one attached hydrogen (secondary N) is 1. The van der Waals surface area contributed by atoms with Gasteiger partial charge in [-0.15, -0.1) is 0 Å². The summed E-state index contributed by atoms with van der Waals surface area (Å²) in [4.78, 5) is 22.1. The van der Waals surface area contributed by atoms with Gasteiger partial charge in [0.05, 0.1) is 12.8 Å². The van der Waals surface area contributed by atoms with Crippen LogP contribution in [-0.4, -0.2) is 24.1 Å². The van der Waals surface area contributed by atoms with Crippen LogP contribution in [0.5, 0.6) is 5.75 Å². The van der Waals surface area contributed by atoms with Crippen molar-refractivity contribution >= 4 is 17.6 Å². The molecule has 0 heterocycles. The van der Waals surface area contributed by atoms with Crippen molar-refractivity contribution in [3.8, 4) is 5.75 Å². The third-order valence-corrected chi connectivity index (χ3v) is 2.50. The first-order valence-corrected chi connectivity index (χ1v) is 5.77. The average Bonchev–Trinajstić information content (AvgIpc) is 2.30. The van der Waals surface area contributed by atoms with Crippen LogP contribution in [0.1, 0.15) is 19.8 Å². The highest BCUT2D eigenvalue weighted by atomic mass is 19.1. The summed E-state index contributed by atoms with van der Waals surface area (Å²) in [6, 6.07) is 4.00. The quantitative estimate of drug-likeness (QED) is 0.830. The van der Waals surface area contributed by atoms with Gasteiger partial charge in [-0.05, 0) is 18.1 Å². The Bertz CT molecular complexity index is 476. The molecular weight excluding hydrogens is 253 g/mol. The van der Waals surface area contributed by atoms with Crippen molar-refractivity contribution in [2.24, 2.45) is 5.92 Å². The molecule has 1 amide bonds. The van der Waals surface area contributed by atoms with Gasteiger partial charge in [0.1, 0.15) is 11.6 Å². The van der Waals surface area contributed by atoms with E-state index in [-0.39, 0.29) is 24.4 Å². The number of hydrogen-bond acceptors (Lipinski definition) is 3. The second kappa shape index (κ2) is 6.72. The van der Waals surface area contributed by atoms with Gasteiger partial charge in [-0.25, -0.2) is 4.39 Å².